The van der Waals surface area contributed by atoms with Crippen LogP contribution < -0.4 is 4.90 Å². The van der Waals surface area contributed by atoms with Crippen LogP contribution in [-0.4, -0.2) is 42.9 Å². The van der Waals surface area contributed by atoms with Crippen LogP contribution in [0.25, 0.3) is 0 Å². The third-order valence-corrected chi connectivity index (χ3v) is 3.49. The molecular formula is C12H14Cl2N2O. The minimum absolute atomic E-state index is 0.00507. The first kappa shape index (κ1) is 12.5. The number of rotatable bonds is 2. The summed E-state index contributed by atoms with van der Waals surface area (Å²) in [5.41, 5.74) is 1.03. The quantitative estimate of drug-likeness (QED) is 0.771. The average Bonchev–Trinajstić information content (AvgIpc) is 2.39. The van der Waals surface area contributed by atoms with Crippen LogP contribution in [0.3, 0.4) is 0 Å². The molecule has 1 saturated heterocycles. The van der Waals surface area contributed by atoms with Crippen LogP contribution in [-0.2, 0) is 4.79 Å². The fourth-order valence-corrected chi connectivity index (χ4v) is 2.41. The second-order valence-electron chi connectivity index (χ2n) is 3.95. The molecule has 1 fully saturated rings. The number of benzene rings is 1. The Morgan fingerprint density at radius 1 is 1.18 bits per heavy atom. The van der Waals surface area contributed by atoms with Gasteiger partial charge in [0.05, 0.1) is 10.7 Å². The summed E-state index contributed by atoms with van der Waals surface area (Å²) in [5, 5.41) is 0.754. The molecule has 1 aromatic rings. The van der Waals surface area contributed by atoms with Crippen molar-refractivity contribution in [3.63, 3.8) is 0 Å². The standard InChI is InChI=1S/C12H14Cl2N2O/c13-9-12(17)16-7-5-15(6-8-16)11-4-2-1-3-10(11)14/h1-4H,5-9H2. The molecule has 1 heterocycles. The van der Waals surface area contributed by atoms with E-state index in [1.165, 1.54) is 0 Å². The van der Waals surface area contributed by atoms with E-state index < -0.39 is 0 Å². The number of halogens is 2. The summed E-state index contributed by atoms with van der Waals surface area (Å²) in [6.07, 6.45) is 0. The Morgan fingerprint density at radius 3 is 2.41 bits per heavy atom. The van der Waals surface area contributed by atoms with Gasteiger partial charge in [0.25, 0.3) is 0 Å². The van der Waals surface area contributed by atoms with Gasteiger partial charge in [0.1, 0.15) is 5.88 Å². The van der Waals surface area contributed by atoms with E-state index in [1.807, 2.05) is 24.3 Å². The Balaban J connectivity index is 2.00. The molecule has 3 nitrogen and oxygen atoms in total. The number of para-hydroxylation sites is 1. The zero-order valence-corrected chi connectivity index (χ0v) is 10.9. The van der Waals surface area contributed by atoms with Crippen LogP contribution in [0, 0.1) is 0 Å². The number of amides is 1. The minimum atomic E-state index is 0.00507. The first-order valence-corrected chi connectivity index (χ1v) is 6.47. The minimum Gasteiger partial charge on any atom is -0.367 e. The Hall–Kier alpha value is -0.930. The van der Waals surface area contributed by atoms with E-state index in [4.69, 9.17) is 23.2 Å². The van der Waals surface area contributed by atoms with Gasteiger partial charge in [-0.3, -0.25) is 4.79 Å². The van der Waals surface area contributed by atoms with Crippen molar-refractivity contribution in [3.05, 3.63) is 29.3 Å². The summed E-state index contributed by atoms with van der Waals surface area (Å²) in [6, 6.07) is 7.77. The Morgan fingerprint density at radius 2 is 1.82 bits per heavy atom. The van der Waals surface area contributed by atoms with Crippen molar-refractivity contribution in [2.45, 2.75) is 0 Å². The van der Waals surface area contributed by atoms with Crippen molar-refractivity contribution < 1.29 is 4.79 Å². The SMILES string of the molecule is O=C(CCl)N1CCN(c2ccccc2Cl)CC1. The van der Waals surface area contributed by atoms with Gasteiger partial charge in [-0.2, -0.15) is 0 Å². The predicted octanol–water partition coefficient (Wildman–Crippen LogP) is 2.23. The number of nitrogens with zero attached hydrogens (tertiary/aromatic N) is 2. The molecule has 0 spiro atoms. The molecule has 0 aromatic heterocycles. The van der Waals surface area contributed by atoms with Crippen LogP contribution in [0.4, 0.5) is 5.69 Å². The molecular weight excluding hydrogens is 259 g/mol. The zero-order chi connectivity index (χ0) is 12.3. The highest BCUT2D eigenvalue weighted by molar-refractivity contribution is 6.33. The summed E-state index contributed by atoms with van der Waals surface area (Å²) >= 11 is 11.7. The molecule has 0 aliphatic carbocycles. The van der Waals surface area contributed by atoms with Gasteiger partial charge >= 0.3 is 0 Å². The van der Waals surface area contributed by atoms with Crippen molar-refractivity contribution in [3.8, 4) is 0 Å². The van der Waals surface area contributed by atoms with Gasteiger partial charge < -0.3 is 9.80 Å². The number of anilines is 1. The number of hydrogen-bond acceptors (Lipinski definition) is 2. The van der Waals surface area contributed by atoms with Crippen LogP contribution in [0.2, 0.25) is 5.02 Å². The van der Waals surface area contributed by atoms with Crippen molar-refractivity contribution >= 4 is 34.8 Å². The lowest BCUT2D eigenvalue weighted by Crippen LogP contribution is -2.49. The smallest absolute Gasteiger partial charge is 0.237 e. The molecule has 0 N–H and O–H groups in total. The summed E-state index contributed by atoms with van der Waals surface area (Å²) in [6.45, 7) is 3.01. The van der Waals surface area contributed by atoms with E-state index in [2.05, 4.69) is 4.90 Å². The normalized spacial score (nSPS) is 16.1. The highest BCUT2D eigenvalue weighted by Gasteiger charge is 2.21. The van der Waals surface area contributed by atoms with Crippen LogP contribution in [0.1, 0.15) is 0 Å². The molecule has 1 aliphatic heterocycles. The third kappa shape index (κ3) is 2.85. The van der Waals surface area contributed by atoms with E-state index in [0.29, 0.717) is 13.1 Å². The van der Waals surface area contributed by atoms with Crippen molar-refractivity contribution in [2.24, 2.45) is 0 Å². The molecule has 0 atom stereocenters. The molecule has 1 aromatic carbocycles. The molecule has 0 radical (unpaired) electrons. The Kier molecular flexibility index (Phi) is 4.13. The number of carbonyl (C=O) groups is 1. The fourth-order valence-electron chi connectivity index (χ4n) is 1.99. The Labute approximate surface area is 111 Å². The summed E-state index contributed by atoms with van der Waals surface area (Å²) in [4.78, 5) is 15.4. The first-order valence-electron chi connectivity index (χ1n) is 5.55. The van der Waals surface area contributed by atoms with E-state index in [9.17, 15) is 4.79 Å². The van der Waals surface area contributed by atoms with E-state index >= 15 is 0 Å². The van der Waals surface area contributed by atoms with Gasteiger partial charge in [-0.1, -0.05) is 23.7 Å². The van der Waals surface area contributed by atoms with E-state index in [0.717, 1.165) is 23.8 Å². The van der Waals surface area contributed by atoms with Crippen LogP contribution in [0.15, 0.2) is 24.3 Å². The largest absolute Gasteiger partial charge is 0.367 e. The van der Waals surface area contributed by atoms with Crippen molar-refractivity contribution in [1.82, 2.24) is 4.90 Å². The third-order valence-electron chi connectivity index (χ3n) is 2.94. The molecule has 0 saturated carbocycles. The summed E-state index contributed by atoms with van der Waals surface area (Å²) in [7, 11) is 0. The highest BCUT2D eigenvalue weighted by Crippen LogP contribution is 2.25. The van der Waals surface area contributed by atoms with Gasteiger partial charge in [0.2, 0.25) is 5.91 Å². The molecule has 2 rings (SSSR count). The molecule has 0 unspecified atom stereocenters. The number of piperazine rings is 1. The number of hydrogen-bond donors (Lipinski definition) is 0. The van der Waals surface area contributed by atoms with Gasteiger partial charge in [-0.15, -0.1) is 11.6 Å². The summed E-state index contributed by atoms with van der Waals surface area (Å²) < 4.78 is 0. The molecule has 5 heteroatoms. The molecule has 17 heavy (non-hydrogen) atoms. The number of carbonyl (C=O) groups excluding carboxylic acids is 1. The maximum atomic E-state index is 11.4. The number of alkyl halides is 1. The molecule has 1 aliphatic rings. The lowest BCUT2D eigenvalue weighted by molar-refractivity contribution is -0.128. The zero-order valence-electron chi connectivity index (χ0n) is 9.40. The highest BCUT2D eigenvalue weighted by atomic mass is 35.5. The maximum absolute atomic E-state index is 11.4. The summed E-state index contributed by atoms with van der Waals surface area (Å²) in [5.74, 6) is 0.0667. The van der Waals surface area contributed by atoms with Gasteiger partial charge in [-0.25, -0.2) is 0 Å². The van der Waals surface area contributed by atoms with Crippen LogP contribution >= 0.6 is 23.2 Å². The second kappa shape index (κ2) is 5.61. The monoisotopic (exact) mass is 272 g/mol. The topological polar surface area (TPSA) is 23.6 Å². The molecule has 92 valence electrons. The van der Waals surface area contributed by atoms with Crippen molar-refractivity contribution in [1.29, 1.82) is 0 Å². The maximum Gasteiger partial charge on any atom is 0.237 e. The van der Waals surface area contributed by atoms with Gasteiger partial charge in [0, 0.05) is 26.2 Å². The van der Waals surface area contributed by atoms with Crippen LogP contribution in [0.5, 0.6) is 0 Å². The van der Waals surface area contributed by atoms with Gasteiger partial charge in [-0.05, 0) is 12.1 Å². The first-order chi connectivity index (χ1) is 8.22. The average molecular weight is 273 g/mol. The van der Waals surface area contributed by atoms with E-state index in [-0.39, 0.29) is 11.8 Å². The molecule has 0 bridgehead atoms. The lowest BCUT2D eigenvalue weighted by Gasteiger charge is -2.36. The molecule has 1 amide bonds. The lowest BCUT2D eigenvalue weighted by atomic mass is 10.2. The van der Waals surface area contributed by atoms with Gasteiger partial charge in [0.15, 0.2) is 0 Å². The predicted molar refractivity (Wildman–Crippen MR) is 71.0 cm³/mol. The second-order valence-corrected chi connectivity index (χ2v) is 4.63. The van der Waals surface area contributed by atoms with E-state index in [1.54, 1.807) is 4.90 Å². The Bertz CT molecular complexity index is 403. The van der Waals surface area contributed by atoms with Crippen molar-refractivity contribution in [2.75, 3.05) is 37.0 Å². The fraction of sp³-hybridized carbons (Fsp3) is 0.417.